The average Bonchev–Trinajstić information content (AvgIpc) is 2.74. The van der Waals surface area contributed by atoms with Gasteiger partial charge in [-0.15, -0.1) is 11.8 Å². The third kappa shape index (κ3) is 2.86. The topological polar surface area (TPSA) is 13.1 Å². The summed E-state index contributed by atoms with van der Waals surface area (Å²) in [4.78, 5) is 1.31. The SMILES string of the molecule is Cc1occc1SCC1(CBr)CCCCC1. The zero-order valence-corrected chi connectivity index (χ0v) is 12.2. The Bertz CT molecular complexity index is 328. The van der Waals surface area contributed by atoms with E-state index in [2.05, 4.69) is 22.0 Å². The van der Waals surface area contributed by atoms with Crippen molar-refractivity contribution in [1.29, 1.82) is 0 Å². The molecule has 0 unspecified atom stereocenters. The van der Waals surface area contributed by atoms with E-state index in [0.717, 1.165) is 11.1 Å². The molecule has 1 aromatic rings. The molecule has 1 nitrogen and oxygen atoms in total. The molecule has 2 rings (SSSR count). The average molecular weight is 303 g/mol. The van der Waals surface area contributed by atoms with E-state index in [9.17, 15) is 0 Å². The lowest BCUT2D eigenvalue weighted by Crippen LogP contribution is -2.28. The maximum Gasteiger partial charge on any atom is 0.114 e. The second kappa shape index (κ2) is 5.63. The molecule has 1 saturated carbocycles. The summed E-state index contributed by atoms with van der Waals surface area (Å²) in [5.41, 5.74) is 0.520. The summed E-state index contributed by atoms with van der Waals surface area (Å²) in [7, 11) is 0. The monoisotopic (exact) mass is 302 g/mol. The number of halogens is 1. The van der Waals surface area contributed by atoms with E-state index in [0.29, 0.717) is 5.41 Å². The van der Waals surface area contributed by atoms with Crippen LogP contribution in [0.15, 0.2) is 21.6 Å². The summed E-state index contributed by atoms with van der Waals surface area (Å²) >= 11 is 5.67. The van der Waals surface area contributed by atoms with Crippen LogP contribution in [0.25, 0.3) is 0 Å². The van der Waals surface area contributed by atoms with Crippen LogP contribution in [0.5, 0.6) is 0 Å². The lowest BCUT2D eigenvalue weighted by Gasteiger charge is -2.35. The van der Waals surface area contributed by atoms with Crippen molar-refractivity contribution in [3.05, 3.63) is 18.1 Å². The smallest absolute Gasteiger partial charge is 0.114 e. The summed E-state index contributed by atoms with van der Waals surface area (Å²) < 4.78 is 5.34. The number of thioether (sulfide) groups is 1. The fourth-order valence-electron chi connectivity index (χ4n) is 2.37. The van der Waals surface area contributed by atoms with Crippen molar-refractivity contribution in [3.8, 4) is 0 Å². The molecule has 0 radical (unpaired) electrons. The van der Waals surface area contributed by atoms with Crippen LogP contribution in [0, 0.1) is 12.3 Å². The molecule has 0 bridgehead atoms. The second-order valence-electron chi connectivity index (χ2n) is 4.82. The minimum Gasteiger partial charge on any atom is -0.468 e. The number of hydrogen-bond donors (Lipinski definition) is 0. The van der Waals surface area contributed by atoms with Gasteiger partial charge >= 0.3 is 0 Å². The number of aryl methyl sites for hydroxylation is 1. The van der Waals surface area contributed by atoms with Crippen molar-refractivity contribution in [2.45, 2.75) is 43.9 Å². The first-order chi connectivity index (χ1) is 7.76. The Morgan fingerprint density at radius 1 is 1.38 bits per heavy atom. The summed E-state index contributed by atoms with van der Waals surface area (Å²) in [5.74, 6) is 2.28. The van der Waals surface area contributed by atoms with Crippen LogP contribution in [0.1, 0.15) is 37.9 Å². The number of furan rings is 1. The third-order valence-corrected chi connectivity index (χ3v) is 6.22. The predicted octanol–water partition coefficient (Wildman–Crippen LogP) is 5.03. The molecule has 0 spiro atoms. The Morgan fingerprint density at radius 3 is 2.69 bits per heavy atom. The molecule has 1 fully saturated rings. The molecule has 1 aliphatic carbocycles. The van der Waals surface area contributed by atoms with Gasteiger partial charge in [0, 0.05) is 16.0 Å². The Morgan fingerprint density at radius 2 is 2.12 bits per heavy atom. The van der Waals surface area contributed by atoms with E-state index in [1.807, 2.05) is 18.7 Å². The lowest BCUT2D eigenvalue weighted by molar-refractivity contribution is 0.260. The minimum absolute atomic E-state index is 0.520. The van der Waals surface area contributed by atoms with Crippen molar-refractivity contribution >= 4 is 27.7 Å². The fourth-order valence-corrected chi connectivity index (χ4v) is 4.65. The molecular weight excluding hydrogens is 284 g/mol. The van der Waals surface area contributed by atoms with Gasteiger partial charge in [-0.25, -0.2) is 0 Å². The molecular formula is C13H19BrOS. The highest BCUT2D eigenvalue weighted by Gasteiger charge is 2.31. The van der Waals surface area contributed by atoms with Crippen LogP contribution in [0.3, 0.4) is 0 Å². The molecule has 90 valence electrons. The summed E-state index contributed by atoms with van der Waals surface area (Å²) in [5, 5.41) is 1.14. The number of alkyl halides is 1. The first-order valence-electron chi connectivity index (χ1n) is 5.99. The van der Waals surface area contributed by atoms with Crippen LogP contribution in [-0.2, 0) is 0 Å². The van der Waals surface area contributed by atoms with Gasteiger partial charge in [-0.1, -0.05) is 35.2 Å². The highest BCUT2D eigenvalue weighted by atomic mass is 79.9. The highest BCUT2D eigenvalue weighted by molar-refractivity contribution is 9.09. The second-order valence-corrected chi connectivity index (χ2v) is 6.40. The van der Waals surface area contributed by atoms with Gasteiger partial charge in [-0.3, -0.25) is 0 Å². The predicted molar refractivity (Wildman–Crippen MR) is 73.5 cm³/mol. The van der Waals surface area contributed by atoms with Gasteiger partial charge in [0.05, 0.1) is 6.26 Å². The van der Waals surface area contributed by atoms with Crippen LogP contribution >= 0.6 is 27.7 Å². The van der Waals surface area contributed by atoms with Crippen molar-refractivity contribution < 1.29 is 4.42 Å². The maximum atomic E-state index is 5.34. The quantitative estimate of drug-likeness (QED) is 0.572. The third-order valence-electron chi connectivity index (χ3n) is 3.54. The minimum atomic E-state index is 0.520. The van der Waals surface area contributed by atoms with E-state index in [1.165, 1.54) is 42.8 Å². The standard InChI is InChI=1S/C13H19BrOS/c1-11-12(5-8-15-11)16-10-13(9-14)6-3-2-4-7-13/h5,8H,2-4,6-7,9-10H2,1H3. The Balaban J connectivity index is 1.94. The Labute approximate surface area is 110 Å². The molecule has 3 heteroatoms. The highest BCUT2D eigenvalue weighted by Crippen LogP contribution is 2.42. The Kier molecular flexibility index (Phi) is 4.42. The lowest BCUT2D eigenvalue weighted by atomic mass is 9.77. The number of hydrogen-bond acceptors (Lipinski definition) is 2. The van der Waals surface area contributed by atoms with Gasteiger partial charge in [-0.05, 0) is 31.2 Å². The van der Waals surface area contributed by atoms with Gasteiger partial charge in [0.25, 0.3) is 0 Å². The molecule has 1 heterocycles. The van der Waals surface area contributed by atoms with Crippen LogP contribution in [0.2, 0.25) is 0 Å². The summed E-state index contributed by atoms with van der Waals surface area (Å²) in [6.07, 6.45) is 8.76. The van der Waals surface area contributed by atoms with E-state index < -0.39 is 0 Å². The first-order valence-corrected chi connectivity index (χ1v) is 8.09. The molecule has 0 saturated heterocycles. The number of rotatable bonds is 4. The van der Waals surface area contributed by atoms with Crippen LogP contribution in [0.4, 0.5) is 0 Å². The van der Waals surface area contributed by atoms with E-state index in [-0.39, 0.29) is 0 Å². The molecule has 0 aromatic carbocycles. The van der Waals surface area contributed by atoms with E-state index in [1.54, 1.807) is 6.26 Å². The summed E-state index contributed by atoms with van der Waals surface area (Å²) in [6.45, 7) is 2.05. The zero-order chi connectivity index (χ0) is 11.4. The van der Waals surface area contributed by atoms with E-state index >= 15 is 0 Å². The first kappa shape index (κ1) is 12.6. The van der Waals surface area contributed by atoms with E-state index in [4.69, 9.17) is 4.42 Å². The molecule has 1 aromatic heterocycles. The van der Waals surface area contributed by atoms with Gasteiger partial charge in [-0.2, -0.15) is 0 Å². The largest absolute Gasteiger partial charge is 0.468 e. The molecule has 1 aliphatic rings. The fraction of sp³-hybridized carbons (Fsp3) is 0.692. The molecule has 0 N–H and O–H groups in total. The van der Waals surface area contributed by atoms with Crippen molar-refractivity contribution in [3.63, 3.8) is 0 Å². The van der Waals surface area contributed by atoms with Crippen LogP contribution in [-0.4, -0.2) is 11.1 Å². The zero-order valence-electron chi connectivity index (χ0n) is 9.80. The molecule has 0 amide bonds. The van der Waals surface area contributed by atoms with Crippen LogP contribution < -0.4 is 0 Å². The van der Waals surface area contributed by atoms with Crippen molar-refractivity contribution in [2.75, 3.05) is 11.1 Å². The van der Waals surface area contributed by atoms with Gasteiger partial charge in [0.15, 0.2) is 0 Å². The molecule has 0 atom stereocenters. The molecule has 16 heavy (non-hydrogen) atoms. The molecule has 0 aliphatic heterocycles. The van der Waals surface area contributed by atoms with Gasteiger partial charge < -0.3 is 4.42 Å². The van der Waals surface area contributed by atoms with Gasteiger partial charge in [0.2, 0.25) is 0 Å². The Hall–Kier alpha value is 0.110. The van der Waals surface area contributed by atoms with Crippen molar-refractivity contribution in [1.82, 2.24) is 0 Å². The normalized spacial score (nSPS) is 19.9. The van der Waals surface area contributed by atoms with Gasteiger partial charge in [0.1, 0.15) is 5.76 Å². The maximum absolute atomic E-state index is 5.34. The summed E-state index contributed by atoms with van der Waals surface area (Å²) in [6, 6.07) is 2.09. The van der Waals surface area contributed by atoms with Crippen molar-refractivity contribution in [2.24, 2.45) is 5.41 Å².